The largest absolute Gasteiger partial charge is 0.456 e. The normalized spacial score (nSPS) is 13.4. The van der Waals surface area contributed by atoms with Crippen LogP contribution in [0, 0.1) is 0 Å². The van der Waals surface area contributed by atoms with Gasteiger partial charge in [0.15, 0.2) is 11.6 Å². The molecule has 18 aromatic rings. The van der Waals surface area contributed by atoms with Crippen LogP contribution in [-0.2, 0) is 10.8 Å². The smallest absolute Gasteiger partial charge is 0.160 e. The highest BCUT2D eigenvalue weighted by Gasteiger charge is 2.53. The minimum Gasteiger partial charge on any atom is -0.456 e. The molecule has 0 bridgehead atoms. The third-order valence-corrected chi connectivity index (χ3v) is 22.3. The number of furan rings is 1. The number of rotatable bonds is 8. The first kappa shape index (κ1) is 58.9. The summed E-state index contributed by atoms with van der Waals surface area (Å²) in [7, 11) is 0. The van der Waals surface area contributed by atoms with Gasteiger partial charge in [-0.2, -0.15) is 0 Å². The second-order valence-electron chi connectivity index (χ2n) is 27.7. The lowest BCUT2D eigenvalue weighted by atomic mass is 9.65. The van der Waals surface area contributed by atoms with E-state index in [1.165, 1.54) is 44.5 Å². The van der Waals surface area contributed by atoms with Gasteiger partial charge in [-0.25, -0.2) is 19.9 Å². The van der Waals surface area contributed by atoms with Crippen LogP contribution in [0.4, 0.5) is 0 Å². The molecule has 3 aromatic heterocycles. The van der Waals surface area contributed by atoms with Crippen molar-refractivity contribution in [3.8, 4) is 135 Å². The second kappa shape index (κ2) is 22.8. The summed E-state index contributed by atoms with van der Waals surface area (Å²) >= 11 is 0. The van der Waals surface area contributed by atoms with Gasteiger partial charge in [-0.05, 0) is 121 Å². The van der Waals surface area contributed by atoms with E-state index in [9.17, 15) is 0 Å². The maximum absolute atomic E-state index is 7.28. The summed E-state index contributed by atoms with van der Waals surface area (Å²) in [6, 6.07) is 125. The zero-order valence-electron chi connectivity index (χ0n) is 56.5. The number of benzene rings is 15. The minimum atomic E-state index is -0.652. The summed E-state index contributed by atoms with van der Waals surface area (Å²) in [5, 5.41) is 4.25. The molecule has 22 rings (SSSR count). The predicted octanol–water partition coefficient (Wildman–Crippen LogP) is 24.6. The van der Waals surface area contributed by atoms with Crippen LogP contribution in [0.5, 0.6) is 23.0 Å². The van der Waals surface area contributed by atoms with E-state index in [4.69, 9.17) is 33.8 Å². The fraction of sp³-hybridized carbons (Fsp3) is 0.0204. The van der Waals surface area contributed by atoms with Crippen molar-refractivity contribution >= 4 is 32.7 Å². The lowest BCUT2D eigenvalue weighted by Gasteiger charge is -2.40. The fourth-order valence-corrected chi connectivity index (χ4v) is 17.8. The summed E-state index contributed by atoms with van der Waals surface area (Å²) in [6.45, 7) is 0. The van der Waals surface area contributed by atoms with Gasteiger partial charge in [-0.15, -0.1) is 0 Å². The van der Waals surface area contributed by atoms with Gasteiger partial charge in [-0.3, -0.25) is 0 Å². The average molecular weight is 1340 g/mol. The first-order chi connectivity index (χ1) is 52.0. The molecule has 7 heteroatoms. The summed E-state index contributed by atoms with van der Waals surface area (Å²) in [5.41, 5.74) is 27.1. The maximum Gasteiger partial charge on any atom is 0.160 e. The summed E-state index contributed by atoms with van der Waals surface area (Å²) in [6.07, 6.45) is 0. The molecule has 0 atom stereocenters. The average Bonchev–Trinajstić information content (AvgIpc) is 1.57. The summed E-state index contributed by atoms with van der Waals surface area (Å²) in [5.74, 6) is 4.36. The van der Waals surface area contributed by atoms with Gasteiger partial charge >= 0.3 is 0 Å². The zero-order chi connectivity index (χ0) is 68.9. The van der Waals surface area contributed by atoms with E-state index in [0.717, 1.165) is 156 Å². The van der Waals surface area contributed by atoms with Gasteiger partial charge in [0.05, 0.1) is 33.6 Å². The Hall–Kier alpha value is -13.9. The van der Waals surface area contributed by atoms with Crippen molar-refractivity contribution in [2.45, 2.75) is 10.8 Å². The molecule has 105 heavy (non-hydrogen) atoms. The number of para-hydroxylation sites is 5. The Morgan fingerprint density at radius 2 is 0.571 bits per heavy atom. The standard InChI is InChI=1S/C98H58N4O3/c1-3-24-59(25-4-1)64-54-55-72(67-29-8-7-28-66(64)67)86-58-88(76-37-23-45-84-94(76)104-90-47-20-18-43-82(90)98(84)79-40-15-11-32-70(79)71-33-12-16-41-80(71)98)102-96(100-86)62-50-48-60(49-51-62)65-34-21-35-74-73-53-52-63(56-91(73)105-92(65)74)85-57-87(101-95(99-85)61-26-5-2-6-27-61)75-36-22-44-83-93(75)103-89-46-19-17-42-81(89)97(83)77-38-13-9-30-68(77)69-31-10-14-39-78(69)97/h1-58H. The quantitative estimate of drug-likeness (QED) is 0.150. The van der Waals surface area contributed by atoms with Crippen LogP contribution in [0.2, 0.25) is 0 Å². The molecule has 0 fully saturated rings. The van der Waals surface area contributed by atoms with Crippen molar-refractivity contribution in [3.63, 3.8) is 0 Å². The van der Waals surface area contributed by atoms with Gasteiger partial charge in [-0.1, -0.05) is 303 Å². The zero-order valence-corrected chi connectivity index (χ0v) is 56.5. The van der Waals surface area contributed by atoms with E-state index in [1.807, 2.05) is 18.2 Å². The number of nitrogens with zero attached hydrogens (tertiary/aromatic N) is 4. The Kier molecular flexibility index (Phi) is 12.8. The van der Waals surface area contributed by atoms with Gasteiger partial charge in [0.2, 0.25) is 0 Å². The van der Waals surface area contributed by atoms with Crippen LogP contribution in [0.25, 0.3) is 145 Å². The van der Waals surface area contributed by atoms with Gasteiger partial charge in [0.25, 0.3) is 0 Å². The number of fused-ring (bicyclic) bond motifs is 22. The number of ether oxygens (including phenoxy) is 2. The molecule has 0 amide bonds. The second-order valence-corrected chi connectivity index (χ2v) is 27.7. The van der Waals surface area contributed by atoms with Crippen LogP contribution in [0.1, 0.15) is 44.5 Å². The highest BCUT2D eigenvalue weighted by molar-refractivity contribution is 6.11. The van der Waals surface area contributed by atoms with Gasteiger partial charge in [0, 0.05) is 72.0 Å². The molecule has 2 spiro atoms. The Labute approximate surface area is 605 Å². The maximum atomic E-state index is 7.28. The molecule has 2 aliphatic heterocycles. The molecule has 0 saturated heterocycles. The van der Waals surface area contributed by atoms with Crippen LogP contribution in [0.15, 0.2) is 356 Å². The molecule has 5 heterocycles. The van der Waals surface area contributed by atoms with Crippen molar-refractivity contribution in [2.24, 2.45) is 0 Å². The highest BCUT2D eigenvalue weighted by Crippen LogP contribution is 2.65. The Bertz CT molecular complexity index is 6590. The number of aromatic nitrogens is 4. The molecule has 0 N–H and O–H groups in total. The van der Waals surface area contributed by atoms with E-state index in [-0.39, 0.29) is 0 Å². The topological polar surface area (TPSA) is 83.2 Å². The van der Waals surface area contributed by atoms with Crippen LogP contribution in [0.3, 0.4) is 0 Å². The van der Waals surface area contributed by atoms with Crippen molar-refractivity contribution in [1.82, 2.24) is 19.9 Å². The van der Waals surface area contributed by atoms with Crippen LogP contribution >= 0.6 is 0 Å². The van der Waals surface area contributed by atoms with Gasteiger partial charge in [0.1, 0.15) is 34.2 Å². The lowest BCUT2D eigenvalue weighted by molar-refractivity contribution is 0.437. The molecule has 0 unspecified atom stereocenters. The molecular weight excluding hydrogens is 1280 g/mol. The van der Waals surface area contributed by atoms with Crippen LogP contribution in [-0.4, -0.2) is 19.9 Å². The molecule has 0 saturated carbocycles. The predicted molar refractivity (Wildman–Crippen MR) is 421 cm³/mol. The van der Waals surface area contributed by atoms with Crippen LogP contribution < -0.4 is 9.47 Å². The summed E-state index contributed by atoms with van der Waals surface area (Å²) in [4.78, 5) is 21.9. The Morgan fingerprint density at radius 3 is 1.12 bits per heavy atom. The number of hydrogen-bond donors (Lipinski definition) is 0. The highest BCUT2D eigenvalue weighted by atomic mass is 16.5. The lowest BCUT2D eigenvalue weighted by Crippen LogP contribution is -2.32. The Balaban J connectivity index is 0.666. The molecule has 7 nitrogen and oxygen atoms in total. The molecule has 2 aliphatic carbocycles. The van der Waals surface area contributed by atoms with E-state index < -0.39 is 10.8 Å². The number of hydrogen-bond acceptors (Lipinski definition) is 7. The first-order valence-electron chi connectivity index (χ1n) is 35.7. The van der Waals surface area contributed by atoms with Crippen molar-refractivity contribution in [1.29, 1.82) is 0 Å². The molecule has 488 valence electrons. The fourth-order valence-electron chi connectivity index (χ4n) is 17.8. The first-order valence-corrected chi connectivity index (χ1v) is 35.7. The van der Waals surface area contributed by atoms with Crippen molar-refractivity contribution in [3.05, 3.63) is 396 Å². The van der Waals surface area contributed by atoms with Gasteiger partial charge < -0.3 is 13.9 Å². The molecule has 0 radical (unpaired) electrons. The van der Waals surface area contributed by atoms with E-state index in [1.54, 1.807) is 0 Å². The third kappa shape index (κ3) is 8.61. The van der Waals surface area contributed by atoms with E-state index in [0.29, 0.717) is 11.6 Å². The SMILES string of the molecule is c1ccc(-c2nc(-c3ccc4c(c3)oc3c(-c5ccc(-c6nc(-c7cccc8c7Oc7ccccc7C87c8ccccc8-c8ccccc87)cc(-c7ccc(-c8ccccc8)c8ccccc78)n6)cc5)cccc34)cc(-c3cccc4c3Oc3ccccc3C43c4ccccc4-c4ccccc43)n2)cc1. The van der Waals surface area contributed by atoms with E-state index >= 15 is 0 Å². The summed E-state index contributed by atoms with van der Waals surface area (Å²) < 4.78 is 21.6. The Morgan fingerprint density at radius 1 is 0.210 bits per heavy atom. The molecule has 15 aromatic carbocycles. The monoisotopic (exact) mass is 1340 g/mol. The van der Waals surface area contributed by atoms with Crippen molar-refractivity contribution in [2.75, 3.05) is 0 Å². The third-order valence-electron chi connectivity index (χ3n) is 22.3. The minimum absolute atomic E-state index is 0.586. The molecule has 4 aliphatic rings. The van der Waals surface area contributed by atoms with E-state index in [2.05, 4.69) is 334 Å². The van der Waals surface area contributed by atoms with Crippen molar-refractivity contribution < 1.29 is 13.9 Å². The molecular formula is C98H58N4O3.